The van der Waals surface area contributed by atoms with Gasteiger partial charge in [0.25, 0.3) is 0 Å². The molecule has 2 aromatic carbocycles. The molecular formula is C18H23N3O. The number of phenols is 1. The standard InChI is InChI=1S/C18H23N3O/c19-17-5-1-3-15(11-17)13-20-7-9-21(10-8-20)14-16-4-2-6-18(22)12-16/h1-6,11-12,22H,7-10,13-14,19H2. The maximum Gasteiger partial charge on any atom is 0.115 e. The molecule has 1 heterocycles. The van der Waals surface area contributed by atoms with Gasteiger partial charge in [-0.15, -0.1) is 0 Å². The van der Waals surface area contributed by atoms with Crippen LogP contribution >= 0.6 is 0 Å². The second kappa shape index (κ2) is 6.81. The third-order valence-corrected chi connectivity index (χ3v) is 4.14. The van der Waals surface area contributed by atoms with Crippen LogP contribution in [0.5, 0.6) is 5.75 Å². The summed E-state index contributed by atoms with van der Waals surface area (Å²) in [5.41, 5.74) is 9.12. The molecule has 0 amide bonds. The monoisotopic (exact) mass is 297 g/mol. The topological polar surface area (TPSA) is 52.7 Å². The average Bonchev–Trinajstić information content (AvgIpc) is 2.49. The van der Waals surface area contributed by atoms with Gasteiger partial charge in [0.1, 0.15) is 5.75 Å². The van der Waals surface area contributed by atoms with Crippen LogP contribution < -0.4 is 5.73 Å². The number of nitrogens with zero attached hydrogens (tertiary/aromatic N) is 2. The summed E-state index contributed by atoms with van der Waals surface area (Å²) in [5, 5.41) is 9.53. The van der Waals surface area contributed by atoms with E-state index in [4.69, 9.17) is 5.73 Å². The van der Waals surface area contributed by atoms with Crippen molar-refractivity contribution in [2.24, 2.45) is 0 Å². The van der Waals surface area contributed by atoms with Crippen LogP contribution in [0, 0.1) is 0 Å². The third kappa shape index (κ3) is 4.00. The Hall–Kier alpha value is -2.04. The van der Waals surface area contributed by atoms with Crippen LogP contribution in [0.2, 0.25) is 0 Å². The largest absolute Gasteiger partial charge is 0.508 e. The van der Waals surface area contributed by atoms with Crippen molar-refractivity contribution in [2.45, 2.75) is 13.1 Å². The summed E-state index contributed by atoms with van der Waals surface area (Å²) in [6.45, 7) is 6.10. The Morgan fingerprint density at radius 3 is 1.91 bits per heavy atom. The van der Waals surface area contributed by atoms with E-state index < -0.39 is 0 Å². The summed E-state index contributed by atoms with van der Waals surface area (Å²) < 4.78 is 0. The van der Waals surface area contributed by atoms with Gasteiger partial charge in [0.15, 0.2) is 0 Å². The van der Waals surface area contributed by atoms with Crippen LogP contribution in [0.1, 0.15) is 11.1 Å². The molecule has 0 atom stereocenters. The zero-order valence-corrected chi connectivity index (χ0v) is 12.8. The molecule has 0 aromatic heterocycles. The van der Waals surface area contributed by atoms with Crippen molar-refractivity contribution in [2.75, 3.05) is 31.9 Å². The quantitative estimate of drug-likeness (QED) is 0.850. The molecule has 4 nitrogen and oxygen atoms in total. The first kappa shape index (κ1) is 14.9. The van der Waals surface area contributed by atoms with Gasteiger partial charge in [-0.1, -0.05) is 24.3 Å². The highest BCUT2D eigenvalue weighted by atomic mass is 16.3. The Labute approximate surface area is 131 Å². The van der Waals surface area contributed by atoms with E-state index in [9.17, 15) is 5.11 Å². The van der Waals surface area contributed by atoms with Gasteiger partial charge < -0.3 is 10.8 Å². The van der Waals surface area contributed by atoms with E-state index >= 15 is 0 Å². The lowest BCUT2D eigenvalue weighted by molar-refractivity contribution is 0.122. The zero-order chi connectivity index (χ0) is 15.4. The van der Waals surface area contributed by atoms with Crippen molar-refractivity contribution in [3.8, 4) is 5.75 Å². The molecule has 0 spiro atoms. The number of nitrogen functional groups attached to an aromatic ring is 1. The molecule has 3 rings (SSSR count). The van der Waals surface area contributed by atoms with Gasteiger partial charge in [-0.2, -0.15) is 0 Å². The van der Waals surface area contributed by atoms with Crippen LogP contribution in [-0.4, -0.2) is 41.1 Å². The van der Waals surface area contributed by atoms with E-state index in [1.54, 1.807) is 6.07 Å². The van der Waals surface area contributed by atoms with E-state index in [2.05, 4.69) is 28.0 Å². The lowest BCUT2D eigenvalue weighted by Gasteiger charge is -2.34. The molecule has 116 valence electrons. The summed E-state index contributed by atoms with van der Waals surface area (Å²) in [5.74, 6) is 0.345. The number of nitrogens with two attached hydrogens (primary N) is 1. The van der Waals surface area contributed by atoms with Crippen LogP contribution in [0.15, 0.2) is 48.5 Å². The second-order valence-electron chi connectivity index (χ2n) is 5.97. The van der Waals surface area contributed by atoms with Crippen molar-refractivity contribution in [1.82, 2.24) is 9.80 Å². The Morgan fingerprint density at radius 1 is 0.818 bits per heavy atom. The smallest absolute Gasteiger partial charge is 0.115 e. The van der Waals surface area contributed by atoms with Crippen LogP contribution in [0.3, 0.4) is 0 Å². The molecule has 4 heteroatoms. The SMILES string of the molecule is Nc1cccc(CN2CCN(Cc3cccc(O)c3)CC2)c1. The highest BCUT2D eigenvalue weighted by Crippen LogP contribution is 2.15. The van der Waals surface area contributed by atoms with Crippen molar-refractivity contribution >= 4 is 5.69 Å². The zero-order valence-electron chi connectivity index (χ0n) is 12.8. The summed E-state index contributed by atoms with van der Waals surface area (Å²) in [7, 11) is 0. The normalized spacial score (nSPS) is 16.7. The van der Waals surface area contributed by atoms with Crippen molar-refractivity contribution in [3.63, 3.8) is 0 Å². The average molecular weight is 297 g/mol. The molecule has 1 saturated heterocycles. The van der Waals surface area contributed by atoms with Gasteiger partial charge in [0, 0.05) is 45.0 Å². The van der Waals surface area contributed by atoms with Gasteiger partial charge in [0.05, 0.1) is 0 Å². The fraction of sp³-hybridized carbons (Fsp3) is 0.333. The molecule has 1 aliphatic rings. The molecule has 0 unspecified atom stereocenters. The summed E-state index contributed by atoms with van der Waals surface area (Å²) in [6, 6.07) is 15.7. The number of benzene rings is 2. The highest BCUT2D eigenvalue weighted by molar-refractivity contribution is 5.40. The summed E-state index contributed by atoms with van der Waals surface area (Å²) >= 11 is 0. The van der Waals surface area contributed by atoms with E-state index in [0.29, 0.717) is 5.75 Å². The maximum atomic E-state index is 9.53. The van der Waals surface area contributed by atoms with Gasteiger partial charge in [0.2, 0.25) is 0 Å². The summed E-state index contributed by atoms with van der Waals surface area (Å²) in [4.78, 5) is 4.90. The van der Waals surface area contributed by atoms with Crippen molar-refractivity contribution in [1.29, 1.82) is 0 Å². The van der Waals surface area contributed by atoms with Gasteiger partial charge >= 0.3 is 0 Å². The number of anilines is 1. The van der Waals surface area contributed by atoms with Crippen LogP contribution in [0.4, 0.5) is 5.69 Å². The molecule has 1 aliphatic heterocycles. The lowest BCUT2D eigenvalue weighted by atomic mass is 10.1. The third-order valence-electron chi connectivity index (χ3n) is 4.14. The van der Waals surface area contributed by atoms with Crippen molar-refractivity contribution in [3.05, 3.63) is 59.7 Å². The number of piperazine rings is 1. The minimum atomic E-state index is 0.345. The maximum absolute atomic E-state index is 9.53. The Kier molecular flexibility index (Phi) is 4.61. The fourth-order valence-electron chi connectivity index (χ4n) is 2.97. The van der Waals surface area contributed by atoms with E-state index in [1.165, 1.54) is 11.1 Å². The highest BCUT2D eigenvalue weighted by Gasteiger charge is 2.17. The molecule has 22 heavy (non-hydrogen) atoms. The predicted molar refractivity (Wildman–Crippen MR) is 89.5 cm³/mol. The molecule has 2 aromatic rings. The molecule has 0 bridgehead atoms. The van der Waals surface area contributed by atoms with Crippen molar-refractivity contribution < 1.29 is 5.11 Å². The number of hydrogen-bond acceptors (Lipinski definition) is 4. The van der Waals surface area contributed by atoms with Gasteiger partial charge in [-0.3, -0.25) is 9.80 Å². The first-order chi connectivity index (χ1) is 10.7. The fourth-order valence-corrected chi connectivity index (χ4v) is 2.97. The van der Waals surface area contributed by atoms with E-state index in [-0.39, 0.29) is 0 Å². The van der Waals surface area contributed by atoms with Gasteiger partial charge in [-0.05, 0) is 35.4 Å². The molecule has 3 N–H and O–H groups in total. The molecule has 0 aliphatic carbocycles. The first-order valence-electron chi connectivity index (χ1n) is 7.76. The van der Waals surface area contributed by atoms with E-state index in [1.807, 2.05) is 24.3 Å². The molecule has 0 radical (unpaired) electrons. The van der Waals surface area contributed by atoms with Gasteiger partial charge in [-0.25, -0.2) is 0 Å². The molecule has 0 saturated carbocycles. The lowest BCUT2D eigenvalue weighted by Crippen LogP contribution is -2.45. The predicted octanol–water partition coefficient (Wildman–Crippen LogP) is 2.29. The van der Waals surface area contributed by atoms with Crippen LogP contribution in [-0.2, 0) is 13.1 Å². The number of aromatic hydroxyl groups is 1. The molecule has 1 fully saturated rings. The Balaban J connectivity index is 1.50. The Morgan fingerprint density at radius 2 is 1.36 bits per heavy atom. The second-order valence-corrected chi connectivity index (χ2v) is 5.97. The first-order valence-corrected chi connectivity index (χ1v) is 7.76. The number of hydrogen-bond donors (Lipinski definition) is 2. The Bertz CT molecular complexity index is 566. The van der Waals surface area contributed by atoms with Crippen LogP contribution in [0.25, 0.3) is 0 Å². The minimum absolute atomic E-state index is 0.345. The molecular weight excluding hydrogens is 274 g/mol. The van der Waals surface area contributed by atoms with E-state index in [0.717, 1.165) is 45.0 Å². The minimum Gasteiger partial charge on any atom is -0.508 e. The number of phenolic OH excluding ortho intramolecular Hbond substituents is 1. The summed E-state index contributed by atoms with van der Waals surface area (Å²) in [6.07, 6.45) is 0. The number of rotatable bonds is 4.